The van der Waals surface area contributed by atoms with Gasteiger partial charge in [0.15, 0.2) is 0 Å². The van der Waals surface area contributed by atoms with Crippen LogP contribution in [0.15, 0.2) is 73.6 Å². The zero-order chi connectivity index (χ0) is 23.5. The first kappa shape index (κ1) is 22.7. The second-order valence-electron chi connectivity index (χ2n) is 6.50. The smallest absolute Gasteiger partial charge is 0.342 e. The van der Waals surface area contributed by atoms with Gasteiger partial charge in [-0.25, -0.2) is 9.59 Å². The molecule has 0 saturated heterocycles. The van der Waals surface area contributed by atoms with Crippen LogP contribution in [0.5, 0.6) is 0 Å². The van der Waals surface area contributed by atoms with Crippen molar-refractivity contribution in [1.82, 2.24) is 10.2 Å². The molecule has 2 N–H and O–H groups in total. The summed E-state index contributed by atoms with van der Waals surface area (Å²) < 4.78 is 11.2. The van der Waals surface area contributed by atoms with E-state index in [1.54, 1.807) is 42.5 Å². The molecule has 0 unspecified atom stereocenters. The van der Waals surface area contributed by atoms with Crippen LogP contribution in [0.4, 0.5) is 0 Å². The highest BCUT2D eigenvalue weighted by atomic mass is 35.5. The summed E-state index contributed by atoms with van der Waals surface area (Å²) in [6.07, 6.45) is 1.32. The van der Waals surface area contributed by atoms with E-state index in [9.17, 15) is 14.7 Å². The maximum absolute atomic E-state index is 11.7. The molecule has 0 spiro atoms. The van der Waals surface area contributed by atoms with Crippen LogP contribution in [0.2, 0.25) is 10.0 Å². The molecule has 0 radical (unpaired) electrons. The molecule has 2 heterocycles. The van der Waals surface area contributed by atoms with Gasteiger partial charge in [-0.05, 0) is 60.3 Å². The molecule has 11 heteroatoms. The van der Waals surface area contributed by atoms with Crippen LogP contribution in [0, 0.1) is 0 Å². The van der Waals surface area contributed by atoms with Gasteiger partial charge in [-0.15, -0.1) is 10.2 Å². The van der Waals surface area contributed by atoms with E-state index in [-0.39, 0.29) is 32.4 Å². The lowest BCUT2D eigenvalue weighted by Crippen LogP contribution is -1.97. The first-order chi connectivity index (χ1) is 15.8. The zero-order valence-electron chi connectivity index (χ0n) is 16.4. The summed E-state index contributed by atoms with van der Waals surface area (Å²) in [7, 11) is 0. The molecule has 4 rings (SSSR count). The number of aromatic nitrogens is 2. The Morgan fingerprint density at radius 2 is 1.64 bits per heavy atom. The number of aromatic carboxylic acids is 1. The standard InChI is InChI=1S/C22H12Cl2N2O6S/c23-13-4-1-11(2-5-13)19-25-26-22(32-19)33-18(21(29)30)10-14-6-8-17(31-14)12-3-7-15(20(27)28)16(24)9-12/h1-10H,(H,27,28)(H,29,30)/b18-10-. The monoisotopic (exact) mass is 502 g/mol. The van der Waals surface area contributed by atoms with E-state index in [4.69, 9.17) is 37.1 Å². The molecule has 0 saturated carbocycles. The molecule has 0 fully saturated rings. The van der Waals surface area contributed by atoms with Crippen molar-refractivity contribution < 1.29 is 28.6 Å². The Kier molecular flexibility index (Phi) is 6.55. The van der Waals surface area contributed by atoms with Gasteiger partial charge in [0.1, 0.15) is 16.4 Å². The number of halogens is 2. The molecule has 8 nitrogen and oxygen atoms in total. The van der Waals surface area contributed by atoms with Gasteiger partial charge in [0.2, 0.25) is 5.89 Å². The summed E-state index contributed by atoms with van der Waals surface area (Å²) in [4.78, 5) is 22.7. The highest BCUT2D eigenvalue weighted by molar-refractivity contribution is 8.03. The Morgan fingerprint density at radius 3 is 2.30 bits per heavy atom. The number of nitrogens with zero attached hydrogens (tertiary/aromatic N) is 2. The number of thioether (sulfide) groups is 1. The van der Waals surface area contributed by atoms with Crippen LogP contribution in [0.25, 0.3) is 28.9 Å². The van der Waals surface area contributed by atoms with Crippen LogP contribution < -0.4 is 0 Å². The van der Waals surface area contributed by atoms with Gasteiger partial charge in [0.25, 0.3) is 5.22 Å². The Morgan fingerprint density at radius 1 is 0.909 bits per heavy atom. The number of hydrogen-bond donors (Lipinski definition) is 2. The molecule has 4 aromatic rings. The van der Waals surface area contributed by atoms with E-state index in [1.165, 1.54) is 18.2 Å². The van der Waals surface area contributed by atoms with Crippen molar-refractivity contribution in [3.05, 3.63) is 80.9 Å². The lowest BCUT2D eigenvalue weighted by Gasteiger charge is -2.02. The quantitative estimate of drug-likeness (QED) is 0.223. The normalized spacial score (nSPS) is 11.5. The minimum Gasteiger partial charge on any atom is -0.478 e. The van der Waals surface area contributed by atoms with E-state index in [2.05, 4.69) is 10.2 Å². The molecule has 0 aliphatic rings. The summed E-state index contributed by atoms with van der Waals surface area (Å²) in [5.74, 6) is -1.49. The molecule has 0 bridgehead atoms. The lowest BCUT2D eigenvalue weighted by molar-refractivity contribution is -0.131. The topological polar surface area (TPSA) is 127 Å². The first-order valence-corrected chi connectivity index (χ1v) is 10.7. The average Bonchev–Trinajstić information content (AvgIpc) is 3.43. The van der Waals surface area contributed by atoms with Crippen LogP contribution in [0.1, 0.15) is 16.1 Å². The number of aliphatic carboxylic acids is 1. The summed E-state index contributed by atoms with van der Waals surface area (Å²) in [5, 5.41) is 27.1. The SMILES string of the molecule is O=C(O)/C(=C/c1ccc(-c2ccc(C(=O)O)c(Cl)c2)o1)Sc1nnc(-c2ccc(Cl)cc2)o1. The lowest BCUT2D eigenvalue weighted by atomic mass is 10.1. The van der Waals surface area contributed by atoms with Gasteiger partial charge in [0, 0.05) is 22.2 Å². The number of carbonyl (C=O) groups is 2. The predicted molar refractivity (Wildman–Crippen MR) is 122 cm³/mol. The fourth-order valence-corrected chi connectivity index (χ4v) is 3.79. The van der Waals surface area contributed by atoms with Crippen LogP contribution >= 0.6 is 35.0 Å². The number of furan rings is 1. The fourth-order valence-electron chi connectivity index (χ4n) is 2.75. The first-order valence-electron chi connectivity index (χ1n) is 9.15. The van der Waals surface area contributed by atoms with E-state index in [0.717, 1.165) is 11.8 Å². The number of carboxylic acid groups (broad SMARTS) is 2. The van der Waals surface area contributed by atoms with Crippen LogP contribution in [-0.2, 0) is 4.79 Å². The predicted octanol–water partition coefficient (Wildman–Crippen LogP) is 6.22. The highest BCUT2D eigenvalue weighted by Gasteiger charge is 2.17. The second kappa shape index (κ2) is 9.53. The summed E-state index contributed by atoms with van der Waals surface area (Å²) >= 11 is 12.6. The summed E-state index contributed by atoms with van der Waals surface area (Å²) in [5.41, 5.74) is 1.15. The van der Waals surface area contributed by atoms with Gasteiger partial charge in [-0.1, -0.05) is 29.3 Å². The molecule has 0 aliphatic carbocycles. The van der Waals surface area contributed by atoms with Crippen molar-refractivity contribution in [3.63, 3.8) is 0 Å². The van der Waals surface area contributed by atoms with Gasteiger partial charge in [-0.2, -0.15) is 0 Å². The average molecular weight is 503 g/mol. The molecule has 33 heavy (non-hydrogen) atoms. The molecule has 2 aromatic carbocycles. The Hall–Kier alpha value is -3.53. The minimum absolute atomic E-state index is 0.0332. The van der Waals surface area contributed by atoms with Crippen LogP contribution in [0.3, 0.4) is 0 Å². The molecular weight excluding hydrogens is 491 g/mol. The molecule has 2 aromatic heterocycles. The third kappa shape index (κ3) is 5.28. The van der Waals surface area contributed by atoms with Crippen molar-refractivity contribution in [2.75, 3.05) is 0 Å². The molecule has 0 atom stereocenters. The molecule has 0 aliphatic heterocycles. The molecule has 166 valence electrons. The Balaban J connectivity index is 1.55. The van der Waals surface area contributed by atoms with Crippen molar-refractivity contribution in [2.24, 2.45) is 0 Å². The van der Waals surface area contributed by atoms with E-state index in [1.807, 2.05) is 0 Å². The third-order valence-corrected chi connectivity index (χ3v) is 5.71. The molecular formula is C22H12Cl2N2O6S. The second-order valence-corrected chi connectivity index (χ2v) is 8.33. The highest BCUT2D eigenvalue weighted by Crippen LogP contribution is 2.32. The summed E-state index contributed by atoms with van der Waals surface area (Å²) in [6.45, 7) is 0. The number of carboxylic acids is 2. The van der Waals surface area contributed by atoms with Gasteiger partial charge in [0.05, 0.1) is 10.6 Å². The van der Waals surface area contributed by atoms with E-state index < -0.39 is 11.9 Å². The van der Waals surface area contributed by atoms with E-state index >= 15 is 0 Å². The zero-order valence-corrected chi connectivity index (χ0v) is 18.7. The van der Waals surface area contributed by atoms with Gasteiger partial charge >= 0.3 is 11.9 Å². The minimum atomic E-state index is -1.21. The fraction of sp³-hybridized carbons (Fsp3) is 0. The maximum Gasteiger partial charge on any atom is 0.342 e. The Bertz CT molecular complexity index is 1380. The van der Waals surface area contributed by atoms with E-state index in [0.29, 0.717) is 21.9 Å². The number of rotatable bonds is 7. The third-order valence-electron chi connectivity index (χ3n) is 4.29. The van der Waals surface area contributed by atoms with Crippen molar-refractivity contribution in [3.8, 4) is 22.8 Å². The van der Waals surface area contributed by atoms with Gasteiger partial charge in [-0.3, -0.25) is 0 Å². The number of benzene rings is 2. The van der Waals surface area contributed by atoms with Crippen molar-refractivity contribution >= 4 is 53.0 Å². The number of hydrogen-bond acceptors (Lipinski definition) is 7. The van der Waals surface area contributed by atoms with Crippen LogP contribution in [-0.4, -0.2) is 32.3 Å². The van der Waals surface area contributed by atoms with Gasteiger partial charge < -0.3 is 19.0 Å². The largest absolute Gasteiger partial charge is 0.478 e. The maximum atomic E-state index is 11.7. The van der Waals surface area contributed by atoms with Crippen molar-refractivity contribution in [2.45, 2.75) is 5.22 Å². The Labute approximate surface area is 200 Å². The van der Waals surface area contributed by atoms with Crippen molar-refractivity contribution in [1.29, 1.82) is 0 Å². The summed E-state index contributed by atoms with van der Waals surface area (Å²) in [6, 6.07) is 14.3. The molecule has 0 amide bonds.